The summed E-state index contributed by atoms with van der Waals surface area (Å²) in [6.45, 7) is 13.5. The zero-order chi connectivity index (χ0) is 18.4. The first-order valence-corrected chi connectivity index (χ1v) is 13.4. The number of aromatic amines is 1. The number of nitrogens with one attached hydrogen (secondary N) is 1. The van der Waals surface area contributed by atoms with E-state index >= 15 is 0 Å². The van der Waals surface area contributed by atoms with Crippen molar-refractivity contribution in [2.24, 2.45) is 0 Å². The first-order valence-electron chi connectivity index (χ1n) is 8.06. The van der Waals surface area contributed by atoms with Crippen LogP contribution in [0.4, 0.5) is 0 Å². The van der Waals surface area contributed by atoms with Crippen molar-refractivity contribution in [3.05, 3.63) is 16.7 Å². The zero-order valence-corrected chi connectivity index (χ0v) is 19.0. The Labute approximate surface area is 158 Å². The van der Waals surface area contributed by atoms with E-state index in [4.69, 9.17) is 10.7 Å². The van der Waals surface area contributed by atoms with Crippen molar-refractivity contribution in [1.82, 2.24) is 9.97 Å². The molecule has 0 saturated heterocycles. The smallest absolute Gasteiger partial charge is 0.278 e. The minimum atomic E-state index is -3.90. The Morgan fingerprint density at radius 1 is 1.12 bits per heavy atom. The molecular weight excluding hydrogens is 428 g/mol. The summed E-state index contributed by atoms with van der Waals surface area (Å²) in [6.07, 6.45) is 1.81. The molecule has 4 nitrogen and oxygen atoms in total. The van der Waals surface area contributed by atoms with Gasteiger partial charge in [0, 0.05) is 26.7 Å². The highest BCUT2D eigenvalue weighted by molar-refractivity contribution is 9.10. The fraction of sp³-hybridized carbons (Fsp3) is 0.562. The molecule has 0 aliphatic carbocycles. The van der Waals surface area contributed by atoms with Crippen LogP contribution >= 0.6 is 26.6 Å². The lowest BCUT2D eigenvalue weighted by atomic mass is 10.3. The highest BCUT2D eigenvalue weighted by Gasteiger charge is 2.46. The Morgan fingerprint density at radius 2 is 1.62 bits per heavy atom. The molecular formula is C16H24BrClN2O2SSi. The van der Waals surface area contributed by atoms with Crippen LogP contribution in [-0.4, -0.2) is 26.5 Å². The van der Waals surface area contributed by atoms with Crippen LogP contribution in [0.1, 0.15) is 41.5 Å². The van der Waals surface area contributed by atoms with Crippen molar-refractivity contribution in [3.63, 3.8) is 0 Å². The van der Waals surface area contributed by atoms with Crippen molar-refractivity contribution < 1.29 is 8.42 Å². The maximum absolute atomic E-state index is 12.0. The molecule has 134 valence electrons. The van der Waals surface area contributed by atoms with Gasteiger partial charge >= 0.3 is 0 Å². The second-order valence-corrected chi connectivity index (χ2v) is 16.4. The molecule has 0 unspecified atom stereocenters. The van der Waals surface area contributed by atoms with E-state index in [1.54, 1.807) is 6.07 Å². The zero-order valence-electron chi connectivity index (χ0n) is 14.8. The number of fused-ring (bicyclic) bond motifs is 1. The lowest BCUT2D eigenvalue weighted by Crippen LogP contribution is -2.56. The van der Waals surface area contributed by atoms with Crippen LogP contribution in [0.25, 0.3) is 11.0 Å². The van der Waals surface area contributed by atoms with E-state index < -0.39 is 17.1 Å². The molecule has 8 heteroatoms. The van der Waals surface area contributed by atoms with Gasteiger partial charge in [-0.25, -0.2) is 13.4 Å². The maximum Gasteiger partial charge on any atom is 0.278 e. The SMILES string of the molecule is CC(C)[Si](c1cc(S(=O)(=O)Cl)nc2[nH]cc(Br)c12)(C(C)C)C(C)C. The van der Waals surface area contributed by atoms with Crippen molar-refractivity contribution in [2.45, 2.75) is 63.2 Å². The van der Waals surface area contributed by atoms with E-state index in [0.29, 0.717) is 22.3 Å². The molecule has 0 saturated carbocycles. The van der Waals surface area contributed by atoms with Gasteiger partial charge in [0.1, 0.15) is 5.65 Å². The number of hydrogen-bond acceptors (Lipinski definition) is 3. The third-order valence-electron chi connectivity index (χ3n) is 5.15. The predicted octanol–water partition coefficient (Wildman–Crippen LogP) is 5.14. The molecule has 0 amide bonds. The highest BCUT2D eigenvalue weighted by Crippen LogP contribution is 2.43. The van der Waals surface area contributed by atoms with Crippen molar-refractivity contribution in [1.29, 1.82) is 0 Å². The Balaban J connectivity index is 3.03. The van der Waals surface area contributed by atoms with Crippen LogP contribution in [0.15, 0.2) is 21.8 Å². The minimum absolute atomic E-state index is 0.0696. The number of rotatable bonds is 5. The summed E-state index contributed by atoms with van der Waals surface area (Å²) in [5.41, 5.74) is 1.89. The van der Waals surface area contributed by atoms with Crippen molar-refractivity contribution >= 4 is 60.0 Å². The molecule has 0 fully saturated rings. The third kappa shape index (κ3) is 3.08. The van der Waals surface area contributed by atoms with Crippen LogP contribution in [0.5, 0.6) is 0 Å². The molecule has 0 radical (unpaired) electrons. The molecule has 0 spiro atoms. The molecule has 2 heterocycles. The van der Waals surface area contributed by atoms with E-state index in [1.165, 1.54) is 0 Å². The quantitative estimate of drug-likeness (QED) is 0.506. The monoisotopic (exact) mass is 450 g/mol. The van der Waals surface area contributed by atoms with Crippen LogP contribution in [0.3, 0.4) is 0 Å². The number of pyridine rings is 1. The molecule has 1 N–H and O–H groups in total. The second-order valence-electron chi connectivity index (χ2n) is 7.20. The van der Waals surface area contributed by atoms with E-state index in [9.17, 15) is 8.42 Å². The number of halogens is 2. The summed E-state index contributed by atoms with van der Waals surface area (Å²) in [6, 6.07) is 1.72. The van der Waals surface area contributed by atoms with Gasteiger partial charge in [0.25, 0.3) is 9.05 Å². The van der Waals surface area contributed by atoms with Gasteiger partial charge in [-0.1, -0.05) is 41.5 Å². The van der Waals surface area contributed by atoms with E-state index in [-0.39, 0.29) is 5.03 Å². The number of hydrogen-bond donors (Lipinski definition) is 1. The minimum Gasteiger partial charge on any atom is -0.345 e. The average molecular weight is 452 g/mol. The molecule has 2 aromatic rings. The lowest BCUT2D eigenvalue weighted by molar-refractivity contribution is 0.606. The topological polar surface area (TPSA) is 62.8 Å². The van der Waals surface area contributed by atoms with Crippen molar-refractivity contribution in [3.8, 4) is 0 Å². The van der Waals surface area contributed by atoms with Gasteiger partial charge in [0.05, 0.1) is 8.07 Å². The van der Waals surface area contributed by atoms with Gasteiger partial charge in [-0.3, -0.25) is 0 Å². The maximum atomic E-state index is 12.0. The molecule has 2 aromatic heterocycles. The summed E-state index contributed by atoms with van der Waals surface area (Å²) >= 11 is 3.60. The van der Waals surface area contributed by atoms with Gasteiger partial charge in [-0.05, 0) is 43.8 Å². The molecule has 2 rings (SSSR count). The van der Waals surface area contributed by atoms with Crippen LogP contribution in [0, 0.1) is 0 Å². The molecule has 0 bridgehead atoms. The van der Waals surface area contributed by atoms with Gasteiger partial charge in [-0.15, -0.1) is 0 Å². The highest BCUT2D eigenvalue weighted by atomic mass is 79.9. The summed E-state index contributed by atoms with van der Waals surface area (Å²) < 4.78 is 24.8. The van der Waals surface area contributed by atoms with E-state index in [1.807, 2.05) is 6.20 Å². The normalized spacial score (nSPS) is 13.6. The summed E-state index contributed by atoms with van der Waals surface area (Å²) in [7, 11) is -0.357. The van der Waals surface area contributed by atoms with E-state index in [0.717, 1.165) is 15.0 Å². The first kappa shape index (κ1) is 19.9. The van der Waals surface area contributed by atoms with Crippen molar-refractivity contribution in [2.75, 3.05) is 0 Å². The number of nitrogens with zero attached hydrogens (tertiary/aromatic N) is 1. The van der Waals surface area contributed by atoms with Gasteiger partial charge < -0.3 is 4.98 Å². The molecule has 0 aliphatic heterocycles. The van der Waals surface area contributed by atoms with Crippen LogP contribution in [0.2, 0.25) is 16.6 Å². The third-order valence-corrected chi connectivity index (χ3v) is 14.0. The largest absolute Gasteiger partial charge is 0.345 e. The molecule has 0 atom stereocenters. The molecule has 24 heavy (non-hydrogen) atoms. The van der Waals surface area contributed by atoms with Gasteiger partial charge in [-0.2, -0.15) is 0 Å². The lowest BCUT2D eigenvalue weighted by Gasteiger charge is -2.44. The number of aromatic nitrogens is 2. The first-order chi connectivity index (χ1) is 10.9. The Morgan fingerprint density at radius 3 is 2.04 bits per heavy atom. The molecule has 0 aromatic carbocycles. The van der Waals surface area contributed by atoms with Crippen LogP contribution in [-0.2, 0) is 9.05 Å². The summed E-state index contributed by atoms with van der Waals surface area (Å²) in [5, 5.41) is 2.03. The van der Waals surface area contributed by atoms with Gasteiger partial charge in [0.2, 0.25) is 0 Å². The molecule has 0 aliphatic rings. The Bertz CT molecular complexity index is 841. The summed E-state index contributed by atoms with van der Waals surface area (Å²) in [4.78, 5) is 7.31. The summed E-state index contributed by atoms with van der Waals surface area (Å²) in [5.74, 6) is 0. The average Bonchev–Trinajstić information content (AvgIpc) is 2.78. The fourth-order valence-electron chi connectivity index (χ4n) is 4.47. The number of H-pyrrole nitrogens is 1. The fourth-order valence-corrected chi connectivity index (χ4v) is 12.9. The predicted molar refractivity (Wildman–Crippen MR) is 108 cm³/mol. The van der Waals surface area contributed by atoms with Crippen LogP contribution < -0.4 is 5.19 Å². The second kappa shape index (κ2) is 6.74. The Hall–Kier alpha value is -0.373. The Kier molecular flexibility index (Phi) is 5.60. The van der Waals surface area contributed by atoms with E-state index in [2.05, 4.69) is 67.4 Å². The standard InChI is InChI=1S/C16H24BrClN2O2SSi/c1-9(2)24(10(3)4,11(5)6)13-7-14(23(18,21)22)20-16-15(13)12(17)8-19-16/h7-11H,1-6H3,(H,19,20). The van der Waals surface area contributed by atoms with Gasteiger partial charge in [0.15, 0.2) is 5.03 Å².